The van der Waals surface area contributed by atoms with Crippen molar-refractivity contribution in [2.45, 2.75) is 50.2 Å². The zero-order valence-electron chi connectivity index (χ0n) is 9.32. The van der Waals surface area contributed by atoms with Crippen molar-refractivity contribution in [3.63, 3.8) is 0 Å². The number of nitrogens with two attached hydrogens (primary N) is 1. The zero-order chi connectivity index (χ0) is 10.8. The Morgan fingerprint density at radius 2 is 2.00 bits per heavy atom. The highest BCUT2D eigenvalue weighted by Crippen LogP contribution is 2.34. The summed E-state index contributed by atoms with van der Waals surface area (Å²) in [5, 5.41) is 0. The summed E-state index contributed by atoms with van der Waals surface area (Å²) in [5.74, 6) is -0.107. The van der Waals surface area contributed by atoms with Gasteiger partial charge in [0.05, 0.1) is 13.5 Å². The molecule has 0 saturated carbocycles. The van der Waals surface area contributed by atoms with Crippen molar-refractivity contribution < 1.29 is 9.53 Å². The highest BCUT2D eigenvalue weighted by atomic mass is 16.5. The average molecular weight is 212 g/mol. The maximum atomic E-state index is 11.1. The molecule has 86 valence electrons. The molecule has 15 heavy (non-hydrogen) atoms. The Morgan fingerprint density at radius 3 is 2.53 bits per heavy atom. The molecule has 0 aromatic rings. The van der Waals surface area contributed by atoms with Crippen LogP contribution >= 0.6 is 0 Å². The van der Waals surface area contributed by atoms with Crippen LogP contribution in [-0.2, 0) is 9.53 Å². The summed E-state index contributed by atoms with van der Waals surface area (Å²) in [5.41, 5.74) is 5.98. The van der Waals surface area contributed by atoms with Gasteiger partial charge in [0.25, 0.3) is 0 Å². The molecule has 2 heterocycles. The molecule has 0 radical (unpaired) electrons. The fourth-order valence-corrected chi connectivity index (χ4v) is 3.00. The summed E-state index contributed by atoms with van der Waals surface area (Å²) in [6.45, 7) is 0.842. The highest BCUT2D eigenvalue weighted by Gasteiger charge is 2.39. The fourth-order valence-electron chi connectivity index (χ4n) is 3.00. The predicted octanol–water partition coefficient (Wildman–Crippen LogP) is 0.504. The fraction of sp³-hybridized carbons (Fsp3) is 0.909. The van der Waals surface area contributed by atoms with Crippen LogP contribution < -0.4 is 5.73 Å². The van der Waals surface area contributed by atoms with Crippen LogP contribution in [0.15, 0.2) is 0 Å². The molecular formula is C11H20N2O2. The average Bonchev–Trinajstić information content (AvgIpc) is 2.46. The molecule has 2 unspecified atom stereocenters. The van der Waals surface area contributed by atoms with Gasteiger partial charge < -0.3 is 10.5 Å². The Hall–Kier alpha value is -0.610. The van der Waals surface area contributed by atoms with Crippen molar-refractivity contribution in [2.75, 3.05) is 13.7 Å². The molecule has 2 aliphatic rings. The maximum absolute atomic E-state index is 11.1. The lowest BCUT2D eigenvalue weighted by Crippen LogP contribution is -2.47. The standard InChI is InChI=1S/C11H20N2O2/c1-15-11(14)4-5-13-9-2-3-10(13)7-8(12)6-9/h8-10H,2-7,12H2,1H3. The van der Waals surface area contributed by atoms with Gasteiger partial charge in [-0.15, -0.1) is 0 Å². The molecule has 0 aromatic carbocycles. The Kier molecular flexibility index (Phi) is 3.26. The van der Waals surface area contributed by atoms with Crippen molar-refractivity contribution in [1.29, 1.82) is 0 Å². The van der Waals surface area contributed by atoms with Crippen LogP contribution in [0.25, 0.3) is 0 Å². The van der Waals surface area contributed by atoms with Crippen molar-refractivity contribution in [3.05, 3.63) is 0 Å². The lowest BCUT2D eigenvalue weighted by atomic mass is 9.98. The monoisotopic (exact) mass is 212 g/mol. The van der Waals surface area contributed by atoms with Crippen molar-refractivity contribution in [1.82, 2.24) is 4.90 Å². The lowest BCUT2D eigenvalue weighted by molar-refractivity contribution is -0.141. The minimum atomic E-state index is -0.107. The number of rotatable bonds is 3. The van der Waals surface area contributed by atoms with E-state index in [4.69, 9.17) is 5.73 Å². The number of nitrogens with zero attached hydrogens (tertiary/aromatic N) is 1. The van der Waals surface area contributed by atoms with Gasteiger partial charge in [0, 0.05) is 24.7 Å². The van der Waals surface area contributed by atoms with Crippen LogP contribution in [-0.4, -0.2) is 42.6 Å². The van der Waals surface area contributed by atoms with E-state index < -0.39 is 0 Å². The SMILES string of the molecule is COC(=O)CCN1C2CCC1CC(N)C2. The Morgan fingerprint density at radius 1 is 1.40 bits per heavy atom. The molecule has 4 heteroatoms. The van der Waals surface area contributed by atoms with Crippen molar-refractivity contribution in [2.24, 2.45) is 5.73 Å². The molecule has 2 saturated heterocycles. The van der Waals surface area contributed by atoms with E-state index in [0.29, 0.717) is 24.5 Å². The minimum absolute atomic E-state index is 0.107. The lowest BCUT2D eigenvalue weighted by Gasteiger charge is -2.37. The van der Waals surface area contributed by atoms with E-state index >= 15 is 0 Å². The molecule has 2 atom stereocenters. The van der Waals surface area contributed by atoms with Crippen LogP contribution in [0, 0.1) is 0 Å². The van der Waals surface area contributed by atoms with Crippen LogP contribution in [0.5, 0.6) is 0 Å². The van der Waals surface area contributed by atoms with Crippen LogP contribution in [0.4, 0.5) is 0 Å². The topological polar surface area (TPSA) is 55.6 Å². The van der Waals surface area contributed by atoms with E-state index in [1.165, 1.54) is 20.0 Å². The molecule has 2 N–H and O–H groups in total. The minimum Gasteiger partial charge on any atom is -0.469 e. The van der Waals surface area contributed by atoms with E-state index in [1.807, 2.05) is 0 Å². The largest absolute Gasteiger partial charge is 0.469 e. The van der Waals surface area contributed by atoms with Crippen molar-refractivity contribution in [3.8, 4) is 0 Å². The van der Waals surface area contributed by atoms with Gasteiger partial charge in [-0.2, -0.15) is 0 Å². The Labute approximate surface area is 90.8 Å². The van der Waals surface area contributed by atoms with Crippen LogP contribution in [0.1, 0.15) is 32.1 Å². The predicted molar refractivity (Wildman–Crippen MR) is 57.4 cm³/mol. The molecule has 0 aromatic heterocycles. The number of hydrogen-bond donors (Lipinski definition) is 1. The summed E-state index contributed by atoms with van der Waals surface area (Å²) in [7, 11) is 1.45. The highest BCUT2D eigenvalue weighted by molar-refractivity contribution is 5.69. The number of piperidine rings is 1. The third kappa shape index (κ3) is 2.32. The molecule has 2 rings (SSSR count). The van der Waals surface area contributed by atoms with Crippen LogP contribution in [0.2, 0.25) is 0 Å². The summed E-state index contributed by atoms with van der Waals surface area (Å²) in [6, 6.07) is 1.60. The van der Waals surface area contributed by atoms with E-state index in [9.17, 15) is 4.79 Å². The van der Waals surface area contributed by atoms with Gasteiger partial charge in [0.15, 0.2) is 0 Å². The van der Waals surface area contributed by atoms with E-state index in [0.717, 1.165) is 19.4 Å². The van der Waals surface area contributed by atoms with Crippen LogP contribution in [0.3, 0.4) is 0 Å². The smallest absolute Gasteiger partial charge is 0.306 e. The number of carbonyl (C=O) groups excluding carboxylic acids is 1. The van der Waals surface area contributed by atoms with Gasteiger partial charge in [-0.3, -0.25) is 9.69 Å². The zero-order valence-corrected chi connectivity index (χ0v) is 9.32. The Bertz CT molecular complexity index is 231. The quantitative estimate of drug-likeness (QED) is 0.692. The summed E-state index contributed by atoms with van der Waals surface area (Å²) in [6.07, 6.45) is 5.20. The second-order valence-corrected chi connectivity index (χ2v) is 4.68. The second kappa shape index (κ2) is 4.49. The first-order valence-corrected chi connectivity index (χ1v) is 5.79. The number of fused-ring (bicyclic) bond motifs is 2. The molecule has 0 spiro atoms. The number of ether oxygens (including phenoxy) is 1. The van der Waals surface area contributed by atoms with Crippen molar-refractivity contribution >= 4 is 5.97 Å². The molecule has 2 fully saturated rings. The maximum Gasteiger partial charge on any atom is 0.306 e. The third-order valence-electron chi connectivity index (χ3n) is 3.72. The first kappa shape index (κ1) is 10.9. The molecular weight excluding hydrogens is 192 g/mol. The third-order valence-corrected chi connectivity index (χ3v) is 3.72. The summed E-state index contributed by atoms with van der Waals surface area (Å²) >= 11 is 0. The number of esters is 1. The van der Waals surface area contributed by atoms with Gasteiger partial charge in [-0.05, 0) is 25.7 Å². The number of carbonyl (C=O) groups is 1. The first-order valence-electron chi connectivity index (χ1n) is 5.79. The summed E-state index contributed by atoms with van der Waals surface area (Å²) < 4.78 is 4.66. The second-order valence-electron chi connectivity index (χ2n) is 4.68. The molecule has 0 amide bonds. The number of hydrogen-bond acceptors (Lipinski definition) is 4. The molecule has 2 aliphatic heterocycles. The van der Waals surface area contributed by atoms with E-state index in [1.54, 1.807) is 0 Å². The summed E-state index contributed by atoms with van der Waals surface area (Å²) in [4.78, 5) is 13.5. The van der Waals surface area contributed by atoms with Gasteiger partial charge >= 0.3 is 5.97 Å². The molecule has 0 aliphatic carbocycles. The van der Waals surface area contributed by atoms with Gasteiger partial charge in [0.2, 0.25) is 0 Å². The first-order chi connectivity index (χ1) is 7.20. The van der Waals surface area contributed by atoms with Gasteiger partial charge in [-0.25, -0.2) is 0 Å². The number of methoxy groups -OCH3 is 1. The van der Waals surface area contributed by atoms with E-state index in [2.05, 4.69) is 9.64 Å². The normalized spacial score (nSPS) is 35.5. The van der Waals surface area contributed by atoms with Gasteiger partial charge in [0.1, 0.15) is 0 Å². The van der Waals surface area contributed by atoms with E-state index in [-0.39, 0.29) is 5.97 Å². The van der Waals surface area contributed by atoms with Gasteiger partial charge in [-0.1, -0.05) is 0 Å². The molecule has 2 bridgehead atoms. The Balaban J connectivity index is 1.86. The molecule has 4 nitrogen and oxygen atoms in total.